The Morgan fingerprint density at radius 3 is 1.02 bits per heavy atom. The molecule has 0 bridgehead atoms. The van der Waals surface area contributed by atoms with E-state index in [4.69, 9.17) is 0 Å². The molecule has 21 nitrogen and oxygen atoms in total. The van der Waals surface area contributed by atoms with Crippen LogP contribution >= 0.6 is 0 Å². The minimum absolute atomic E-state index is 0.132. The number of nitrogens with zero attached hydrogens (tertiary/aromatic N) is 13. The molecule has 0 amide bonds. The lowest BCUT2D eigenvalue weighted by Gasteiger charge is -2.21. The van der Waals surface area contributed by atoms with E-state index in [0.29, 0.717) is 50.3 Å². The highest BCUT2D eigenvalue weighted by Gasteiger charge is 2.36. The summed E-state index contributed by atoms with van der Waals surface area (Å²) in [4.78, 5) is 23.1. The maximum Gasteiger partial charge on any atom is 0.416 e. The normalized spacial score (nSPS) is 17.3. The van der Waals surface area contributed by atoms with E-state index in [-0.39, 0.29) is 21.1 Å². The number of fused-ring (bicyclic) bond motifs is 8. The fourth-order valence-corrected chi connectivity index (χ4v) is 24.2. The number of anilines is 4. The van der Waals surface area contributed by atoms with E-state index in [1.165, 1.54) is 64.1 Å². The Labute approximate surface area is 729 Å². The van der Waals surface area contributed by atoms with Gasteiger partial charge in [-0.1, -0.05) is 66.8 Å². The van der Waals surface area contributed by atoms with Crippen LogP contribution in [0, 0.1) is 5.82 Å². The summed E-state index contributed by atoms with van der Waals surface area (Å²) < 4.78 is 170. The third kappa shape index (κ3) is 16.6. The third-order valence-electron chi connectivity index (χ3n) is 26.0. The third-order valence-corrected chi connectivity index (χ3v) is 32.7. The van der Waals surface area contributed by atoms with Gasteiger partial charge in [-0.25, -0.2) is 58.9 Å². The molecule has 0 fully saturated rings. The molecule has 20 rings (SSSR count). The van der Waals surface area contributed by atoms with Gasteiger partial charge in [-0.05, 0) is 255 Å². The molecule has 0 saturated carbocycles. The smallest absolute Gasteiger partial charge is 0.371 e. The van der Waals surface area contributed by atoms with Crippen LogP contribution in [0.3, 0.4) is 0 Å². The van der Waals surface area contributed by atoms with Crippen LogP contribution in [0.4, 0.5) is 40.3 Å². The molecule has 5 aromatic heterocycles. The predicted molar refractivity (Wildman–Crippen MR) is 493 cm³/mol. The molecular weight excluding hydrogens is 1670 g/mol. The zero-order valence-corrected chi connectivity index (χ0v) is 75.0. The van der Waals surface area contributed by atoms with Crippen LogP contribution in [0.5, 0.6) is 0 Å². The molecule has 7 aromatic carbocycles. The standard InChI is InChI=1S/C25H26F3N3O2S.C24H26FN3O2S.C24H27N3O2S.C23H26N4O2S/c1-3-30-13-10-18-4-6-20(15-24(18)30)34(32,33)31-16-22(17-8-11-29(2)12-9-17)21-14-19(25(26,27)28)5-7-23(21)31;1-3-27-13-10-18-4-6-20(15-24(18)27)31(29,30)28-16-22(17-8-11-26(2)12-9-17)21-14-19(25)5-7-23(21)28;1-3-26-15-12-19-8-9-20(16-24(19)26)30(28,29)27-17-22(18-10-13-25(2)14-11-18)21-6-4-5-7-23(21)27;1-3-26-14-10-18-6-7-19(15-22(18)26)30(28,29)27-16-21(17-8-12-25(2)13-9-17)20-5-4-11-24-23(20)27/h4-8,14-16H,3,9-13H2,1-2H3;4-8,14-16H,3,9-13H2,1-2H3;4-10,16-17H,3,11-15H2,1-2H3;4-8,11,15-16H,3,9-10,12-14H2,1-2H3. The number of pyridine rings is 1. The Morgan fingerprint density at radius 2 is 0.656 bits per heavy atom. The molecule has 0 atom stereocenters. The molecule has 13 heterocycles. The van der Waals surface area contributed by atoms with Crippen LogP contribution in [-0.4, -0.2) is 207 Å². The summed E-state index contributed by atoms with van der Waals surface area (Å²) >= 11 is 0. The number of rotatable bonds is 16. The van der Waals surface area contributed by atoms with Crippen molar-refractivity contribution in [1.82, 2.24) is 40.5 Å². The highest BCUT2D eigenvalue weighted by Crippen LogP contribution is 2.44. The maximum atomic E-state index is 14.1. The molecule has 0 N–H and O–H groups in total. The average molecular weight is 1770 g/mol. The average Bonchev–Trinajstić information content (AvgIpc) is 1.61. The van der Waals surface area contributed by atoms with Crippen LogP contribution in [0.1, 0.15) is 103 Å². The van der Waals surface area contributed by atoms with Gasteiger partial charge in [-0.15, -0.1) is 0 Å². The molecule has 12 aromatic rings. The first-order valence-corrected chi connectivity index (χ1v) is 48.9. The van der Waals surface area contributed by atoms with Crippen LogP contribution in [0.25, 0.3) is 66.0 Å². The minimum Gasteiger partial charge on any atom is -0.371 e. The Hall–Kier alpha value is -10.6. The number of halogens is 4. The van der Waals surface area contributed by atoms with Crippen LogP contribution in [-0.2, 0) is 72.0 Å². The van der Waals surface area contributed by atoms with Crippen molar-refractivity contribution in [1.29, 1.82) is 0 Å². The predicted octanol–water partition coefficient (Wildman–Crippen LogP) is 16.5. The molecule has 0 spiro atoms. The molecular formula is C96H105F4N13O8S4. The Balaban J connectivity index is 0.000000118. The van der Waals surface area contributed by atoms with Crippen molar-refractivity contribution in [3.8, 4) is 0 Å². The van der Waals surface area contributed by atoms with E-state index in [0.717, 1.165) is 232 Å². The Kier molecular flexibility index (Phi) is 23.9. The van der Waals surface area contributed by atoms with Crippen molar-refractivity contribution in [3.63, 3.8) is 0 Å². The van der Waals surface area contributed by atoms with E-state index < -0.39 is 51.8 Å². The highest BCUT2D eigenvalue weighted by atomic mass is 32.2. The molecule has 654 valence electrons. The lowest BCUT2D eigenvalue weighted by atomic mass is 9.98. The Morgan fingerprint density at radius 1 is 0.336 bits per heavy atom. The zero-order chi connectivity index (χ0) is 87.8. The second-order valence-electron chi connectivity index (χ2n) is 33.6. The quantitative estimate of drug-likeness (QED) is 0.0828. The maximum absolute atomic E-state index is 14.1. The number of likely N-dealkylation sites (N-methyl/N-ethyl adjacent to an activating group) is 8. The molecule has 0 saturated heterocycles. The van der Waals surface area contributed by atoms with Gasteiger partial charge in [0, 0.05) is 202 Å². The summed E-state index contributed by atoms with van der Waals surface area (Å²) in [6.45, 7) is 22.1. The van der Waals surface area contributed by atoms with Gasteiger partial charge in [0.2, 0.25) is 0 Å². The number of para-hydroxylation sites is 1. The lowest BCUT2D eigenvalue weighted by Crippen LogP contribution is -2.23. The van der Waals surface area contributed by atoms with Crippen molar-refractivity contribution in [2.75, 3.05) is 153 Å². The monoisotopic (exact) mass is 1770 g/mol. The van der Waals surface area contributed by atoms with Crippen LogP contribution < -0.4 is 19.6 Å². The van der Waals surface area contributed by atoms with Crippen molar-refractivity contribution in [2.45, 2.75) is 105 Å². The van der Waals surface area contributed by atoms with Gasteiger partial charge < -0.3 is 39.2 Å². The summed E-state index contributed by atoms with van der Waals surface area (Å²) in [5.74, 6) is -0.367. The second kappa shape index (κ2) is 34.6. The fourth-order valence-electron chi connectivity index (χ4n) is 18.7. The van der Waals surface area contributed by atoms with Gasteiger partial charge >= 0.3 is 6.18 Å². The zero-order valence-electron chi connectivity index (χ0n) is 71.7. The Bertz CT molecular complexity index is 6670. The van der Waals surface area contributed by atoms with Crippen molar-refractivity contribution < 1.29 is 51.2 Å². The van der Waals surface area contributed by atoms with Crippen molar-refractivity contribution in [3.05, 3.63) is 257 Å². The van der Waals surface area contributed by atoms with E-state index in [1.54, 1.807) is 61.1 Å². The topological polar surface area (TPSA) is 195 Å². The molecule has 125 heavy (non-hydrogen) atoms. The van der Waals surface area contributed by atoms with Crippen molar-refractivity contribution >= 4 is 129 Å². The number of hydrogen-bond donors (Lipinski definition) is 0. The van der Waals surface area contributed by atoms with E-state index in [9.17, 15) is 51.2 Å². The SMILES string of the molecule is CCN1CCc2ccc(S(=O)(=O)n3cc(C4=CCN(C)CC4)c4cc(C(F)(F)F)ccc43)cc21.CCN1CCc2ccc(S(=O)(=O)n3cc(C4=CCN(C)CC4)c4cc(F)ccc43)cc21.CCN1CCc2ccc(S(=O)(=O)n3cc(C4=CCN(C)CC4)c4ccccc43)cc21.CCN1CCc2ccc(S(=O)(=O)n3cc(C4=CCN(C)CC4)c4cccnc43)cc21. The van der Waals surface area contributed by atoms with Gasteiger partial charge in [0.05, 0.1) is 41.7 Å². The summed E-state index contributed by atoms with van der Waals surface area (Å²) in [6.07, 6.45) is 19.3. The van der Waals surface area contributed by atoms with E-state index in [2.05, 4.69) is 97.3 Å². The molecule has 8 aliphatic rings. The van der Waals surface area contributed by atoms with E-state index >= 15 is 0 Å². The van der Waals surface area contributed by atoms with Crippen LogP contribution in [0.2, 0.25) is 0 Å². The lowest BCUT2D eigenvalue weighted by molar-refractivity contribution is -0.137. The first-order chi connectivity index (χ1) is 59.9. The number of hydrogen-bond acceptors (Lipinski definition) is 17. The van der Waals surface area contributed by atoms with E-state index in [1.807, 2.05) is 106 Å². The van der Waals surface area contributed by atoms with Gasteiger partial charge in [-0.2, -0.15) is 13.2 Å². The summed E-state index contributed by atoms with van der Waals surface area (Å²) in [5.41, 5.74) is 17.5. The highest BCUT2D eigenvalue weighted by molar-refractivity contribution is 7.91. The summed E-state index contributed by atoms with van der Waals surface area (Å²) in [7, 11) is -7.09. The number of aromatic nitrogens is 5. The fraction of sp³-hybridized carbons (Fsp3) is 0.344. The summed E-state index contributed by atoms with van der Waals surface area (Å²) in [5, 5.41) is 2.81. The molecule has 0 aliphatic carbocycles. The molecule has 29 heteroatoms. The van der Waals surface area contributed by atoms with Crippen LogP contribution in [0.15, 0.2) is 220 Å². The van der Waals surface area contributed by atoms with Gasteiger partial charge in [0.1, 0.15) is 5.82 Å². The van der Waals surface area contributed by atoms with Gasteiger partial charge in [0.25, 0.3) is 40.1 Å². The molecule has 0 unspecified atom stereocenters. The first-order valence-electron chi connectivity index (χ1n) is 43.1. The van der Waals surface area contributed by atoms with Gasteiger partial charge in [-0.3, -0.25) is 0 Å². The number of alkyl halides is 3. The van der Waals surface area contributed by atoms with Gasteiger partial charge in [0.15, 0.2) is 5.65 Å². The largest absolute Gasteiger partial charge is 0.416 e. The molecule has 8 aliphatic heterocycles. The summed E-state index contributed by atoms with van der Waals surface area (Å²) in [6, 6.07) is 40.9. The molecule has 0 radical (unpaired) electrons. The first kappa shape index (κ1) is 86.5. The second-order valence-corrected chi connectivity index (χ2v) is 40.9. The minimum atomic E-state index is -4.52. The number of benzene rings is 7. The van der Waals surface area contributed by atoms with Crippen molar-refractivity contribution in [2.24, 2.45) is 0 Å².